The van der Waals surface area contributed by atoms with Gasteiger partial charge in [-0.05, 0) is 60.0 Å². The van der Waals surface area contributed by atoms with E-state index in [0.717, 1.165) is 69.9 Å². The van der Waals surface area contributed by atoms with Crippen LogP contribution in [0.25, 0.3) is 22.0 Å². The number of hydrogen-bond acceptors (Lipinski definition) is 5. The van der Waals surface area contributed by atoms with E-state index in [9.17, 15) is 9.50 Å². The van der Waals surface area contributed by atoms with Crippen molar-refractivity contribution in [3.05, 3.63) is 83.6 Å². The van der Waals surface area contributed by atoms with Gasteiger partial charge in [-0.3, -0.25) is 14.4 Å². The summed E-state index contributed by atoms with van der Waals surface area (Å²) in [6.45, 7) is 4.88. The zero-order chi connectivity index (χ0) is 24.6. The molecule has 1 fully saturated rings. The molecule has 0 saturated carbocycles. The van der Waals surface area contributed by atoms with E-state index in [1.807, 2.05) is 42.5 Å². The van der Waals surface area contributed by atoms with Crippen LogP contribution in [0.4, 0.5) is 4.39 Å². The average molecular weight is 486 g/mol. The molecule has 1 saturated heterocycles. The summed E-state index contributed by atoms with van der Waals surface area (Å²) in [7, 11) is 0. The Labute approximate surface area is 209 Å². The van der Waals surface area contributed by atoms with Crippen LogP contribution in [0.15, 0.2) is 66.9 Å². The molecule has 0 aliphatic carbocycles. The summed E-state index contributed by atoms with van der Waals surface area (Å²) in [5.74, 6) is 2.02. The van der Waals surface area contributed by atoms with E-state index in [2.05, 4.69) is 28.1 Å². The number of halogens is 1. The number of aromatic nitrogens is 2. The fourth-order valence-corrected chi connectivity index (χ4v) is 5.16. The summed E-state index contributed by atoms with van der Waals surface area (Å²) in [6.07, 6.45) is 1.46. The third-order valence-electron chi connectivity index (χ3n) is 7.17. The van der Waals surface area contributed by atoms with E-state index >= 15 is 0 Å². The topological polar surface area (TPSA) is 70.6 Å². The second-order valence-corrected chi connectivity index (χ2v) is 9.55. The first-order valence-electron chi connectivity index (χ1n) is 12.2. The fraction of sp³-hybridized carbons (Fsp3) is 0.276. The Morgan fingerprint density at radius 2 is 1.86 bits per heavy atom. The number of aromatic amines is 1. The molecule has 2 aliphatic heterocycles. The van der Waals surface area contributed by atoms with Gasteiger partial charge in [0, 0.05) is 36.7 Å². The number of phenols is 1. The molecule has 0 amide bonds. The molecule has 2 aliphatic rings. The van der Waals surface area contributed by atoms with E-state index in [-0.39, 0.29) is 24.4 Å². The number of allylic oxidation sites excluding steroid dienone is 1. The molecule has 0 radical (unpaired) electrons. The van der Waals surface area contributed by atoms with Gasteiger partial charge >= 0.3 is 0 Å². The van der Waals surface area contributed by atoms with Gasteiger partial charge in [0.25, 0.3) is 0 Å². The molecular weight excluding hydrogens is 457 g/mol. The first-order valence-corrected chi connectivity index (χ1v) is 12.2. The molecular formula is C29H28FN3O3. The smallest absolute Gasteiger partial charge is 0.150 e. The molecule has 4 aromatic rings. The molecule has 0 spiro atoms. The Morgan fingerprint density at radius 1 is 1.08 bits per heavy atom. The molecule has 7 heteroatoms. The number of hydrogen-bond donors (Lipinski definition) is 2. The summed E-state index contributed by atoms with van der Waals surface area (Å²) in [5, 5.41) is 18.0. The van der Waals surface area contributed by atoms with Crippen LogP contribution in [-0.2, 0) is 0 Å². The van der Waals surface area contributed by atoms with Crippen molar-refractivity contribution in [2.24, 2.45) is 5.92 Å². The molecule has 184 valence electrons. The zero-order valence-corrected chi connectivity index (χ0v) is 20.1. The van der Waals surface area contributed by atoms with Crippen LogP contribution >= 0.6 is 0 Å². The number of benzene rings is 3. The van der Waals surface area contributed by atoms with E-state index < -0.39 is 0 Å². The fourth-order valence-electron chi connectivity index (χ4n) is 5.16. The Hall–Kier alpha value is -3.84. The quantitative estimate of drug-likeness (QED) is 0.356. The number of H-pyrrole nitrogens is 1. The Balaban J connectivity index is 1.29. The first kappa shape index (κ1) is 22.6. The number of rotatable bonds is 7. The summed E-state index contributed by atoms with van der Waals surface area (Å²) >= 11 is 0. The molecule has 6 rings (SSSR count). The van der Waals surface area contributed by atoms with Crippen molar-refractivity contribution < 1.29 is 19.0 Å². The molecule has 1 aromatic heterocycles. The number of fused-ring (bicyclic) bond motifs is 3. The lowest BCUT2D eigenvalue weighted by molar-refractivity contribution is 0.0668. The maximum atomic E-state index is 12.6. The lowest BCUT2D eigenvalue weighted by Gasteiger charge is -2.37. The lowest BCUT2D eigenvalue weighted by atomic mass is 9.85. The maximum Gasteiger partial charge on any atom is 0.150 e. The van der Waals surface area contributed by atoms with Crippen molar-refractivity contribution in [2.45, 2.75) is 13.0 Å². The standard InChI is InChI=1S/C29H28FN3O3/c1-18-24-10-11-26-25(15-31-32-26)29(24)36-28(27(18)20-2-6-22(34)7-3-20)21-4-8-23(9-5-21)35-13-12-33-16-19(14-30)17-33/h2-11,15,19,28,34H,12-14,16-17H2,1H3,(H,31,32). The number of likely N-dealkylation sites (tertiary alicyclic amines) is 1. The summed E-state index contributed by atoms with van der Waals surface area (Å²) in [5.41, 5.74) is 6.14. The minimum Gasteiger partial charge on any atom is -0.508 e. The van der Waals surface area contributed by atoms with Gasteiger partial charge in [0.05, 0.1) is 23.8 Å². The number of nitrogens with one attached hydrogen (secondary N) is 1. The van der Waals surface area contributed by atoms with E-state index in [1.54, 1.807) is 18.3 Å². The second-order valence-electron chi connectivity index (χ2n) is 9.55. The number of phenolic OH excluding ortho intramolecular Hbond substituents is 1. The van der Waals surface area contributed by atoms with Gasteiger partial charge in [0.1, 0.15) is 30.0 Å². The second kappa shape index (κ2) is 9.32. The van der Waals surface area contributed by atoms with Crippen LogP contribution in [0.3, 0.4) is 0 Å². The van der Waals surface area contributed by atoms with Gasteiger partial charge in [-0.2, -0.15) is 5.10 Å². The van der Waals surface area contributed by atoms with Gasteiger partial charge < -0.3 is 14.6 Å². The third-order valence-corrected chi connectivity index (χ3v) is 7.17. The van der Waals surface area contributed by atoms with Gasteiger partial charge in [-0.15, -0.1) is 0 Å². The number of ether oxygens (including phenoxy) is 2. The van der Waals surface area contributed by atoms with Crippen molar-refractivity contribution in [1.82, 2.24) is 15.1 Å². The summed E-state index contributed by atoms with van der Waals surface area (Å²) in [4.78, 5) is 2.21. The van der Waals surface area contributed by atoms with Gasteiger partial charge in [0.2, 0.25) is 0 Å². The maximum absolute atomic E-state index is 12.6. The molecule has 6 nitrogen and oxygen atoms in total. The highest BCUT2D eigenvalue weighted by Gasteiger charge is 2.31. The molecule has 3 aromatic carbocycles. The minimum atomic E-state index is -0.338. The van der Waals surface area contributed by atoms with Crippen molar-refractivity contribution >= 4 is 22.0 Å². The predicted octanol–water partition coefficient (Wildman–Crippen LogP) is 5.61. The predicted molar refractivity (Wildman–Crippen MR) is 138 cm³/mol. The Kier molecular flexibility index (Phi) is 5.85. The molecule has 1 atom stereocenters. The van der Waals surface area contributed by atoms with E-state index in [1.165, 1.54) is 0 Å². The highest BCUT2D eigenvalue weighted by atomic mass is 19.1. The van der Waals surface area contributed by atoms with Gasteiger partial charge in [-0.25, -0.2) is 0 Å². The third kappa shape index (κ3) is 4.09. The zero-order valence-electron chi connectivity index (χ0n) is 20.1. The van der Waals surface area contributed by atoms with E-state index in [4.69, 9.17) is 9.47 Å². The summed E-state index contributed by atoms with van der Waals surface area (Å²) in [6, 6.07) is 19.3. The van der Waals surface area contributed by atoms with Crippen molar-refractivity contribution in [2.75, 3.05) is 32.9 Å². The lowest BCUT2D eigenvalue weighted by Crippen LogP contribution is -2.49. The van der Waals surface area contributed by atoms with Crippen LogP contribution in [0, 0.1) is 5.92 Å². The van der Waals surface area contributed by atoms with Crippen LogP contribution < -0.4 is 9.47 Å². The van der Waals surface area contributed by atoms with Crippen molar-refractivity contribution in [3.8, 4) is 17.2 Å². The monoisotopic (exact) mass is 485 g/mol. The number of nitrogens with zero attached hydrogens (tertiary/aromatic N) is 2. The Morgan fingerprint density at radius 3 is 2.61 bits per heavy atom. The van der Waals surface area contributed by atoms with Crippen LogP contribution in [-0.4, -0.2) is 53.1 Å². The summed E-state index contributed by atoms with van der Waals surface area (Å²) < 4.78 is 25.3. The normalized spacial score (nSPS) is 18.1. The molecule has 1 unspecified atom stereocenters. The largest absolute Gasteiger partial charge is 0.508 e. The van der Waals surface area contributed by atoms with Gasteiger partial charge in [0.15, 0.2) is 0 Å². The highest BCUT2D eigenvalue weighted by Crippen LogP contribution is 2.48. The Bertz CT molecular complexity index is 1410. The average Bonchev–Trinajstić information content (AvgIpc) is 3.36. The van der Waals surface area contributed by atoms with Crippen LogP contribution in [0.2, 0.25) is 0 Å². The molecule has 3 heterocycles. The SMILES string of the molecule is CC1=C(c2ccc(O)cc2)C(c2ccc(OCCN3CC(CF)C3)cc2)Oc2c1ccc1[nH]ncc21. The number of alkyl halides is 1. The molecule has 0 bridgehead atoms. The molecule has 36 heavy (non-hydrogen) atoms. The van der Waals surface area contributed by atoms with E-state index in [0.29, 0.717) is 6.61 Å². The molecule has 2 N–H and O–H groups in total. The van der Waals surface area contributed by atoms with Crippen molar-refractivity contribution in [1.29, 1.82) is 0 Å². The van der Waals surface area contributed by atoms with Gasteiger partial charge in [-0.1, -0.05) is 24.3 Å². The highest BCUT2D eigenvalue weighted by molar-refractivity contribution is 6.00. The van der Waals surface area contributed by atoms with Crippen LogP contribution in [0.1, 0.15) is 29.7 Å². The minimum absolute atomic E-state index is 0.187. The first-order chi connectivity index (χ1) is 17.6. The van der Waals surface area contributed by atoms with Crippen LogP contribution in [0.5, 0.6) is 17.2 Å². The number of aromatic hydroxyl groups is 1. The van der Waals surface area contributed by atoms with Crippen molar-refractivity contribution in [3.63, 3.8) is 0 Å².